The summed E-state index contributed by atoms with van der Waals surface area (Å²) >= 11 is 1.64. The minimum Gasteiger partial charge on any atom is -0.378 e. The minimum atomic E-state index is 0.577. The summed E-state index contributed by atoms with van der Waals surface area (Å²) in [5.74, 6) is 1.62. The van der Waals surface area contributed by atoms with Crippen LogP contribution >= 0.6 is 11.8 Å². The van der Waals surface area contributed by atoms with Gasteiger partial charge >= 0.3 is 0 Å². The highest BCUT2D eigenvalue weighted by atomic mass is 32.2. The average molecular weight is 415 g/mol. The van der Waals surface area contributed by atoms with Crippen LogP contribution in [0.1, 0.15) is 25.1 Å². The van der Waals surface area contributed by atoms with Gasteiger partial charge in [0.25, 0.3) is 0 Å². The smallest absolute Gasteiger partial charge is 0.207 e. The number of hydrogen-bond acceptors (Lipinski definition) is 6. The predicted molar refractivity (Wildman–Crippen MR) is 121 cm³/mol. The molecule has 0 spiro atoms. The lowest BCUT2D eigenvalue weighted by Gasteiger charge is -2.30. The van der Waals surface area contributed by atoms with Gasteiger partial charge in [-0.15, -0.1) is 11.8 Å². The molecule has 0 aliphatic carbocycles. The van der Waals surface area contributed by atoms with Crippen molar-refractivity contribution in [2.45, 2.75) is 25.2 Å². The van der Waals surface area contributed by atoms with E-state index in [1.54, 1.807) is 17.8 Å². The third-order valence-electron chi connectivity index (χ3n) is 4.46. The largest absolute Gasteiger partial charge is 0.378 e. The van der Waals surface area contributed by atoms with E-state index >= 15 is 0 Å². The lowest BCUT2D eigenvalue weighted by atomic mass is 10.0. The molecule has 0 unspecified atom stereocenters. The SMILES string of the molecule is C=Cc1nc(-c2ccccc2CCNC=O)nc(N2CCOCC2)c1SC.CC. The second kappa shape index (κ2) is 12.2. The number of nitrogens with one attached hydrogen (secondary N) is 1. The van der Waals surface area contributed by atoms with E-state index in [1.165, 1.54) is 0 Å². The van der Waals surface area contributed by atoms with Crippen LogP contribution in [0.4, 0.5) is 5.82 Å². The van der Waals surface area contributed by atoms with Gasteiger partial charge in [-0.05, 0) is 24.3 Å². The summed E-state index contributed by atoms with van der Waals surface area (Å²) in [6.07, 6.45) is 5.27. The van der Waals surface area contributed by atoms with E-state index in [-0.39, 0.29) is 0 Å². The number of rotatable bonds is 8. The predicted octanol–water partition coefficient (Wildman–Crippen LogP) is 3.66. The first kappa shape index (κ1) is 22.9. The van der Waals surface area contributed by atoms with E-state index in [9.17, 15) is 4.79 Å². The van der Waals surface area contributed by atoms with Crippen LogP contribution in [-0.2, 0) is 16.0 Å². The number of amides is 1. The highest BCUT2D eigenvalue weighted by Crippen LogP contribution is 2.33. The molecule has 7 heteroatoms. The van der Waals surface area contributed by atoms with Crippen molar-refractivity contribution in [1.82, 2.24) is 15.3 Å². The van der Waals surface area contributed by atoms with Crippen molar-refractivity contribution in [3.8, 4) is 11.4 Å². The van der Waals surface area contributed by atoms with Crippen molar-refractivity contribution in [3.05, 3.63) is 42.1 Å². The highest BCUT2D eigenvalue weighted by Gasteiger charge is 2.21. The molecule has 0 atom stereocenters. The van der Waals surface area contributed by atoms with Crippen LogP contribution in [0.15, 0.2) is 35.7 Å². The molecule has 1 aliphatic heterocycles. The van der Waals surface area contributed by atoms with E-state index in [1.807, 2.05) is 38.3 Å². The molecular formula is C22H30N4O2S. The Kier molecular flexibility index (Phi) is 9.67. The Labute approximate surface area is 177 Å². The number of morpholine rings is 1. The molecule has 2 aromatic rings. The standard InChI is InChI=1S/C20H24N4O2S.C2H6/c1-3-17-18(27-2)20(24-10-12-26-13-11-24)23-19(22-17)16-7-5-4-6-15(16)8-9-21-14-25;1-2/h3-7,14H,1,8-13H2,2H3,(H,21,25);1-2H3. The maximum Gasteiger partial charge on any atom is 0.207 e. The van der Waals surface area contributed by atoms with E-state index in [0.717, 1.165) is 53.5 Å². The normalized spacial score (nSPS) is 13.3. The number of thioether (sulfide) groups is 1. The fraction of sp³-hybridized carbons (Fsp3) is 0.409. The van der Waals surface area contributed by atoms with Crippen LogP contribution in [0.3, 0.4) is 0 Å². The van der Waals surface area contributed by atoms with Crippen molar-refractivity contribution >= 4 is 30.1 Å². The van der Waals surface area contributed by atoms with Gasteiger partial charge in [0.1, 0.15) is 5.82 Å². The Hall–Kier alpha value is -2.38. The van der Waals surface area contributed by atoms with Crippen molar-refractivity contribution in [2.75, 3.05) is 44.0 Å². The molecule has 3 rings (SSSR count). The third kappa shape index (κ3) is 5.81. The van der Waals surface area contributed by atoms with Crippen LogP contribution < -0.4 is 10.2 Å². The number of anilines is 1. The minimum absolute atomic E-state index is 0.577. The molecule has 1 aromatic carbocycles. The third-order valence-corrected chi connectivity index (χ3v) is 5.26. The monoisotopic (exact) mass is 414 g/mol. The molecule has 1 amide bonds. The molecular weight excluding hydrogens is 384 g/mol. The quantitative estimate of drug-likeness (QED) is 0.404. The van der Waals surface area contributed by atoms with Gasteiger partial charge in [-0.2, -0.15) is 0 Å². The fourth-order valence-corrected chi connectivity index (χ4v) is 3.82. The number of carbonyl (C=O) groups excluding carboxylic acids is 1. The lowest BCUT2D eigenvalue weighted by molar-refractivity contribution is -0.109. The zero-order valence-electron chi connectivity index (χ0n) is 17.5. The van der Waals surface area contributed by atoms with Crippen LogP contribution in [0.25, 0.3) is 17.5 Å². The maximum atomic E-state index is 10.6. The van der Waals surface area contributed by atoms with Gasteiger partial charge in [0.15, 0.2) is 5.82 Å². The summed E-state index contributed by atoms with van der Waals surface area (Å²) in [5.41, 5.74) is 2.93. The van der Waals surface area contributed by atoms with E-state index in [4.69, 9.17) is 14.7 Å². The molecule has 1 saturated heterocycles. The van der Waals surface area contributed by atoms with Gasteiger partial charge in [-0.1, -0.05) is 44.7 Å². The van der Waals surface area contributed by atoms with E-state index in [0.29, 0.717) is 25.6 Å². The molecule has 2 heterocycles. The Balaban J connectivity index is 0.00000145. The molecule has 1 fully saturated rings. The number of ether oxygens (including phenoxy) is 1. The molecule has 29 heavy (non-hydrogen) atoms. The van der Waals surface area contributed by atoms with E-state index in [2.05, 4.69) is 22.9 Å². The summed E-state index contributed by atoms with van der Waals surface area (Å²) in [5, 5.41) is 2.72. The second-order valence-electron chi connectivity index (χ2n) is 6.07. The summed E-state index contributed by atoms with van der Waals surface area (Å²) in [6.45, 7) is 11.5. The average Bonchev–Trinajstić information content (AvgIpc) is 2.80. The molecule has 6 nitrogen and oxygen atoms in total. The Morgan fingerprint density at radius 2 is 1.97 bits per heavy atom. The zero-order valence-corrected chi connectivity index (χ0v) is 18.3. The van der Waals surface area contributed by atoms with Gasteiger partial charge < -0.3 is 15.0 Å². The molecule has 1 aromatic heterocycles. The van der Waals surface area contributed by atoms with Crippen LogP contribution in [0.2, 0.25) is 0 Å². The molecule has 1 aliphatic rings. The van der Waals surface area contributed by atoms with Gasteiger partial charge in [-0.25, -0.2) is 9.97 Å². The van der Waals surface area contributed by atoms with Crippen LogP contribution in [-0.4, -0.2) is 55.5 Å². The molecule has 1 N–H and O–H groups in total. The first-order valence-corrected chi connectivity index (χ1v) is 11.2. The number of aromatic nitrogens is 2. The number of carbonyl (C=O) groups is 1. The van der Waals surface area contributed by atoms with Crippen molar-refractivity contribution in [3.63, 3.8) is 0 Å². The van der Waals surface area contributed by atoms with Gasteiger partial charge in [0.05, 0.1) is 23.8 Å². The zero-order chi connectivity index (χ0) is 21.1. The first-order chi connectivity index (χ1) is 14.3. The molecule has 0 saturated carbocycles. The Morgan fingerprint density at radius 1 is 1.24 bits per heavy atom. The lowest BCUT2D eigenvalue weighted by Crippen LogP contribution is -2.37. The molecule has 0 radical (unpaired) electrons. The van der Waals surface area contributed by atoms with Crippen molar-refractivity contribution in [1.29, 1.82) is 0 Å². The van der Waals surface area contributed by atoms with Crippen molar-refractivity contribution in [2.24, 2.45) is 0 Å². The fourth-order valence-electron chi connectivity index (χ4n) is 3.12. The summed E-state index contributed by atoms with van der Waals surface area (Å²) in [6, 6.07) is 8.06. The van der Waals surface area contributed by atoms with Crippen molar-refractivity contribution < 1.29 is 9.53 Å². The highest BCUT2D eigenvalue weighted by molar-refractivity contribution is 7.98. The topological polar surface area (TPSA) is 67.4 Å². The van der Waals surface area contributed by atoms with Gasteiger partial charge in [-0.3, -0.25) is 4.79 Å². The van der Waals surface area contributed by atoms with Gasteiger partial charge in [0.2, 0.25) is 6.41 Å². The summed E-state index contributed by atoms with van der Waals surface area (Å²) in [7, 11) is 0. The first-order valence-electron chi connectivity index (χ1n) is 9.95. The Morgan fingerprint density at radius 3 is 2.62 bits per heavy atom. The van der Waals surface area contributed by atoms with Crippen LogP contribution in [0.5, 0.6) is 0 Å². The Bertz CT molecular complexity index is 807. The van der Waals surface area contributed by atoms with E-state index < -0.39 is 0 Å². The maximum absolute atomic E-state index is 10.6. The molecule has 0 bridgehead atoms. The number of hydrogen-bond donors (Lipinski definition) is 1. The second-order valence-corrected chi connectivity index (χ2v) is 6.89. The number of nitrogens with zero attached hydrogens (tertiary/aromatic N) is 3. The molecule has 156 valence electrons. The summed E-state index contributed by atoms with van der Waals surface area (Å²) < 4.78 is 5.49. The van der Waals surface area contributed by atoms with Crippen LogP contribution in [0, 0.1) is 0 Å². The summed E-state index contributed by atoms with van der Waals surface area (Å²) in [4.78, 5) is 23.6. The van der Waals surface area contributed by atoms with Gasteiger partial charge in [0, 0.05) is 25.2 Å². The number of benzene rings is 1.